The zero-order valence-electron chi connectivity index (χ0n) is 10.2. The molecule has 20 heavy (non-hydrogen) atoms. The van der Waals surface area contributed by atoms with Crippen LogP contribution >= 0.6 is 11.3 Å². The molecule has 3 N–H and O–H groups in total. The van der Waals surface area contributed by atoms with Gasteiger partial charge in [0.05, 0.1) is 23.4 Å². The molecule has 1 aromatic carbocycles. The number of halogens is 3. The highest BCUT2D eigenvalue weighted by Crippen LogP contribution is 2.32. The van der Waals surface area contributed by atoms with Crippen LogP contribution < -0.4 is 11.1 Å². The van der Waals surface area contributed by atoms with E-state index in [0.29, 0.717) is 0 Å². The van der Waals surface area contributed by atoms with Gasteiger partial charge in [0.15, 0.2) is 0 Å². The Hall–Kier alpha value is -2.02. The molecule has 0 saturated heterocycles. The predicted molar refractivity (Wildman–Crippen MR) is 72.5 cm³/mol. The monoisotopic (exact) mass is 300 g/mol. The van der Waals surface area contributed by atoms with Crippen molar-refractivity contribution in [2.75, 3.05) is 11.1 Å². The number of amides is 1. The van der Waals surface area contributed by atoms with Gasteiger partial charge in [-0.2, -0.15) is 13.2 Å². The summed E-state index contributed by atoms with van der Waals surface area (Å²) in [6.07, 6.45) is -4.29. The van der Waals surface area contributed by atoms with Gasteiger partial charge in [0.1, 0.15) is 0 Å². The summed E-state index contributed by atoms with van der Waals surface area (Å²) in [6, 6.07) is 6.47. The van der Waals surface area contributed by atoms with E-state index in [2.05, 4.69) is 5.32 Å². The summed E-state index contributed by atoms with van der Waals surface area (Å²) in [5, 5.41) is 4.34. The van der Waals surface area contributed by atoms with Crippen molar-refractivity contribution in [3.63, 3.8) is 0 Å². The average Bonchev–Trinajstić information content (AvgIpc) is 2.83. The molecule has 0 saturated carbocycles. The molecule has 7 heteroatoms. The third kappa shape index (κ3) is 3.51. The zero-order valence-corrected chi connectivity index (χ0v) is 11.0. The van der Waals surface area contributed by atoms with E-state index in [9.17, 15) is 18.0 Å². The maximum atomic E-state index is 12.5. The van der Waals surface area contributed by atoms with Gasteiger partial charge in [0, 0.05) is 4.88 Å². The highest BCUT2D eigenvalue weighted by molar-refractivity contribution is 7.10. The smallest absolute Gasteiger partial charge is 0.397 e. The molecule has 2 aromatic rings. The maximum Gasteiger partial charge on any atom is 0.416 e. The third-order valence-electron chi connectivity index (χ3n) is 2.57. The van der Waals surface area contributed by atoms with Crippen LogP contribution in [-0.4, -0.2) is 5.91 Å². The van der Waals surface area contributed by atoms with Gasteiger partial charge in [-0.1, -0.05) is 6.07 Å². The highest BCUT2D eigenvalue weighted by Gasteiger charge is 2.30. The fourth-order valence-corrected chi connectivity index (χ4v) is 2.32. The Labute approximate surface area is 117 Å². The second-order valence-corrected chi connectivity index (χ2v) is 5.14. The number of benzene rings is 1. The van der Waals surface area contributed by atoms with Gasteiger partial charge < -0.3 is 11.1 Å². The van der Waals surface area contributed by atoms with Crippen molar-refractivity contribution in [3.8, 4) is 0 Å². The number of hydrogen-bond acceptors (Lipinski definition) is 3. The fourth-order valence-electron chi connectivity index (χ4n) is 1.62. The summed E-state index contributed by atoms with van der Waals surface area (Å²) in [7, 11) is 0. The SMILES string of the molecule is Nc1cc(C(F)(F)F)ccc1NC(=O)Cc1cccs1. The minimum Gasteiger partial charge on any atom is -0.397 e. The van der Waals surface area contributed by atoms with Crippen LogP contribution in [0.5, 0.6) is 0 Å². The second-order valence-electron chi connectivity index (χ2n) is 4.10. The Bertz CT molecular complexity index is 609. The van der Waals surface area contributed by atoms with Crippen LogP contribution in [0.2, 0.25) is 0 Å². The van der Waals surface area contributed by atoms with Crippen molar-refractivity contribution in [1.82, 2.24) is 0 Å². The number of anilines is 2. The van der Waals surface area contributed by atoms with Gasteiger partial charge in [-0.05, 0) is 29.6 Å². The molecular formula is C13H11F3N2OS. The lowest BCUT2D eigenvalue weighted by atomic mass is 10.1. The van der Waals surface area contributed by atoms with Gasteiger partial charge in [-0.15, -0.1) is 11.3 Å². The normalized spacial score (nSPS) is 11.3. The Morgan fingerprint density at radius 2 is 2.05 bits per heavy atom. The van der Waals surface area contributed by atoms with Crippen molar-refractivity contribution in [3.05, 3.63) is 46.2 Å². The molecule has 0 spiro atoms. The van der Waals surface area contributed by atoms with Crippen molar-refractivity contribution in [2.24, 2.45) is 0 Å². The molecule has 2 rings (SSSR count). The van der Waals surface area contributed by atoms with E-state index in [4.69, 9.17) is 5.73 Å². The van der Waals surface area contributed by atoms with E-state index in [1.54, 1.807) is 6.07 Å². The number of carbonyl (C=O) groups is 1. The first-order valence-electron chi connectivity index (χ1n) is 5.65. The molecule has 0 radical (unpaired) electrons. The summed E-state index contributed by atoms with van der Waals surface area (Å²) in [5.41, 5.74) is 4.75. The molecule has 0 aliphatic carbocycles. The summed E-state index contributed by atoms with van der Waals surface area (Å²) in [5.74, 6) is -0.320. The number of nitrogen functional groups attached to an aromatic ring is 1. The van der Waals surface area contributed by atoms with E-state index in [0.717, 1.165) is 23.1 Å². The minimum absolute atomic E-state index is 0.112. The number of nitrogens with one attached hydrogen (secondary N) is 1. The first-order valence-corrected chi connectivity index (χ1v) is 6.53. The van der Waals surface area contributed by atoms with Crippen LogP contribution in [-0.2, 0) is 17.4 Å². The molecule has 1 heterocycles. The van der Waals surface area contributed by atoms with Crippen molar-refractivity contribution in [1.29, 1.82) is 0 Å². The second kappa shape index (κ2) is 5.54. The lowest BCUT2D eigenvalue weighted by Crippen LogP contribution is -2.15. The number of nitrogens with two attached hydrogens (primary N) is 1. The molecule has 106 valence electrons. The molecule has 3 nitrogen and oxygen atoms in total. The van der Waals surface area contributed by atoms with E-state index < -0.39 is 11.7 Å². The van der Waals surface area contributed by atoms with Crippen LogP contribution in [0, 0.1) is 0 Å². The average molecular weight is 300 g/mol. The van der Waals surface area contributed by atoms with Gasteiger partial charge in [0.2, 0.25) is 5.91 Å². The summed E-state index contributed by atoms with van der Waals surface area (Å²) in [6.45, 7) is 0. The van der Waals surface area contributed by atoms with Crippen LogP contribution in [0.1, 0.15) is 10.4 Å². The van der Waals surface area contributed by atoms with E-state index >= 15 is 0 Å². The maximum absolute atomic E-state index is 12.5. The summed E-state index contributed by atoms with van der Waals surface area (Å²) < 4.78 is 37.4. The highest BCUT2D eigenvalue weighted by atomic mass is 32.1. The van der Waals surface area contributed by atoms with Gasteiger partial charge >= 0.3 is 6.18 Å². The van der Waals surface area contributed by atoms with E-state index in [-0.39, 0.29) is 23.7 Å². The lowest BCUT2D eigenvalue weighted by molar-refractivity contribution is -0.137. The number of carbonyl (C=O) groups excluding carboxylic acids is 1. The third-order valence-corrected chi connectivity index (χ3v) is 3.44. The van der Waals surface area contributed by atoms with Crippen molar-refractivity contribution < 1.29 is 18.0 Å². The summed E-state index contributed by atoms with van der Waals surface area (Å²) in [4.78, 5) is 12.6. The molecule has 0 aliphatic heterocycles. The van der Waals surface area contributed by atoms with Crippen LogP contribution in [0.4, 0.5) is 24.5 Å². The Kier molecular flexibility index (Phi) is 3.99. The Morgan fingerprint density at radius 3 is 2.60 bits per heavy atom. The van der Waals surface area contributed by atoms with Crippen LogP contribution in [0.25, 0.3) is 0 Å². The summed E-state index contributed by atoms with van der Waals surface area (Å²) >= 11 is 1.43. The number of thiophene rings is 1. The first kappa shape index (κ1) is 14.4. The number of rotatable bonds is 3. The molecule has 0 unspecified atom stereocenters. The molecular weight excluding hydrogens is 289 g/mol. The zero-order chi connectivity index (χ0) is 14.8. The fraction of sp³-hybridized carbons (Fsp3) is 0.154. The van der Waals surface area contributed by atoms with Gasteiger partial charge in [-0.25, -0.2) is 0 Å². The lowest BCUT2D eigenvalue weighted by Gasteiger charge is -2.11. The first-order chi connectivity index (χ1) is 9.36. The number of alkyl halides is 3. The molecule has 1 amide bonds. The Morgan fingerprint density at radius 1 is 1.30 bits per heavy atom. The largest absolute Gasteiger partial charge is 0.416 e. The van der Waals surface area contributed by atoms with E-state index in [1.807, 2.05) is 11.4 Å². The van der Waals surface area contributed by atoms with Gasteiger partial charge in [0.25, 0.3) is 0 Å². The quantitative estimate of drug-likeness (QED) is 0.852. The van der Waals surface area contributed by atoms with E-state index in [1.165, 1.54) is 11.3 Å². The predicted octanol–water partition coefficient (Wildman–Crippen LogP) is 3.53. The minimum atomic E-state index is -4.45. The molecule has 0 fully saturated rings. The topological polar surface area (TPSA) is 55.1 Å². The number of hydrogen-bond donors (Lipinski definition) is 2. The van der Waals surface area contributed by atoms with Crippen LogP contribution in [0.3, 0.4) is 0 Å². The Balaban J connectivity index is 2.08. The van der Waals surface area contributed by atoms with Crippen LogP contribution in [0.15, 0.2) is 35.7 Å². The molecule has 0 atom stereocenters. The molecule has 1 aromatic heterocycles. The van der Waals surface area contributed by atoms with Gasteiger partial charge in [-0.3, -0.25) is 4.79 Å². The molecule has 0 aliphatic rings. The molecule has 0 bridgehead atoms. The standard InChI is InChI=1S/C13H11F3N2OS/c14-13(15,16)8-3-4-11(10(17)6-8)18-12(19)7-9-2-1-5-20-9/h1-6H,7,17H2,(H,18,19). The van der Waals surface area contributed by atoms with Crippen molar-refractivity contribution in [2.45, 2.75) is 12.6 Å². The van der Waals surface area contributed by atoms with Crippen molar-refractivity contribution >= 4 is 28.6 Å².